The molecule has 0 aliphatic carbocycles. The number of fused-ring (bicyclic) bond motifs is 1. The second-order valence-corrected chi connectivity index (χ2v) is 7.61. The molecule has 0 aromatic heterocycles. The molecule has 0 radical (unpaired) electrons. The zero-order chi connectivity index (χ0) is 15.9. The molecule has 2 aromatic carbocycles. The first-order valence-electron chi connectivity index (χ1n) is 6.71. The molecule has 22 heavy (non-hydrogen) atoms. The van der Waals surface area contributed by atoms with Gasteiger partial charge in [-0.05, 0) is 47.7 Å². The molecule has 3 rings (SSSR count). The maximum Gasteiger partial charge on any atom is 0.238 e. The fourth-order valence-electron chi connectivity index (χ4n) is 2.65. The van der Waals surface area contributed by atoms with Crippen LogP contribution in [-0.4, -0.2) is 15.0 Å². The van der Waals surface area contributed by atoms with E-state index in [1.807, 2.05) is 12.1 Å². The normalized spacial score (nSPS) is 13.8. The molecule has 0 saturated carbocycles. The summed E-state index contributed by atoms with van der Waals surface area (Å²) in [6, 6.07) is 8.78. The van der Waals surface area contributed by atoms with E-state index in [0.29, 0.717) is 22.0 Å². The number of primary sulfonamides is 1. The number of nitrogens with two attached hydrogens (primary N) is 1. The van der Waals surface area contributed by atoms with Gasteiger partial charge in [-0.2, -0.15) is 0 Å². The largest absolute Gasteiger partial charge is 0.384 e. The quantitative estimate of drug-likeness (QED) is 0.886. The van der Waals surface area contributed by atoms with Crippen molar-refractivity contribution in [3.8, 4) is 0 Å². The van der Waals surface area contributed by atoms with E-state index in [2.05, 4.69) is 5.32 Å². The number of hydrogen-bond donors (Lipinski definition) is 2. The van der Waals surface area contributed by atoms with Crippen LogP contribution in [0.15, 0.2) is 35.2 Å². The van der Waals surface area contributed by atoms with Crippen molar-refractivity contribution in [3.05, 3.63) is 57.1 Å². The van der Waals surface area contributed by atoms with E-state index in [4.69, 9.17) is 28.3 Å². The van der Waals surface area contributed by atoms with Crippen LogP contribution in [0.2, 0.25) is 10.0 Å². The molecule has 0 fully saturated rings. The molecule has 116 valence electrons. The highest BCUT2D eigenvalue weighted by molar-refractivity contribution is 7.89. The zero-order valence-electron chi connectivity index (χ0n) is 11.6. The Morgan fingerprint density at radius 2 is 1.91 bits per heavy atom. The Bertz CT molecular complexity index is 851. The SMILES string of the molecule is NS(=O)(=O)c1cc2c(cc1Cc1ccc(Cl)c(Cl)c1)CCN2. The van der Waals surface area contributed by atoms with E-state index in [1.54, 1.807) is 18.2 Å². The van der Waals surface area contributed by atoms with Crippen LogP contribution >= 0.6 is 23.2 Å². The number of benzene rings is 2. The Morgan fingerprint density at radius 3 is 2.59 bits per heavy atom. The van der Waals surface area contributed by atoms with E-state index in [9.17, 15) is 8.42 Å². The number of sulfonamides is 1. The fraction of sp³-hybridized carbons (Fsp3) is 0.200. The second-order valence-electron chi connectivity index (χ2n) is 5.26. The Labute approximate surface area is 139 Å². The number of anilines is 1. The molecule has 0 saturated heterocycles. The number of halogens is 2. The van der Waals surface area contributed by atoms with Crippen molar-refractivity contribution < 1.29 is 8.42 Å². The molecule has 3 N–H and O–H groups in total. The van der Waals surface area contributed by atoms with E-state index < -0.39 is 10.0 Å². The summed E-state index contributed by atoms with van der Waals surface area (Å²) in [7, 11) is -3.79. The van der Waals surface area contributed by atoms with Gasteiger partial charge in [0.2, 0.25) is 10.0 Å². The standard InChI is InChI=1S/C15H14Cl2N2O2S/c16-12-2-1-9(6-13(12)17)5-11-7-10-3-4-19-14(10)8-15(11)22(18,20)21/h1-2,6-8,19H,3-5H2,(H2,18,20,21). The van der Waals surface area contributed by atoms with Crippen molar-refractivity contribution >= 4 is 38.9 Å². The molecule has 1 heterocycles. The van der Waals surface area contributed by atoms with Crippen molar-refractivity contribution in [2.24, 2.45) is 5.14 Å². The van der Waals surface area contributed by atoms with Crippen LogP contribution in [0, 0.1) is 0 Å². The van der Waals surface area contributed by atoms with Gasteiger partial charge in [0.1, 0.15) is 0 Å². The maximum atomic E-state index is 11.9. The monoisotopic (exact) mass is 356 g/mol. The first-order chi connectivity index (χ1) is 10.3. The molecular weight excluding hydrogens is 343 g/mol. The molecule has 0 spiro atoms. The van der Waals surface area contributed by atoms with Crippen molar-refractivity contribution in [2.75, 3.05) is 11.9 Å². The third-order valence-electron chi connectivity index (χ3n) is 3.68. The van der Waals surface area contributed by atoms with Crippen LogP contribution in [0.3, 0.4) is 0 Å². The lowest BCUT2D eigenvalue weighted by Crippen LogP contribution is -2.15. The zero-order valence-corrected chi connectivity index (χ0v) is 13.9. The smallest absolute Gasteiger partial charge is 0.238 e. The topological polar surface area (TPSA) is 72.2 Å². The van der Waals surface area contributed by atoms with Gasteiger partial charge >= 0.3 is 0 Å². The van der Waals surface area contributed by atoms with Crippen molar-refractivity contribution in [2.45, 2.75) is 17.7 Å². The predicted octanol–water partition coefficient (Wildman–Crippen LogP) is 3.20. The average Bonchev–Trinajstić information content (AvgIpc) is 2.88. The molecule has 4 nitrogen and oxygen atoms in total. The van der Waals surface area contributed by atoms with Gasteiger partial charge in [-0.1, -0.05) is 35.3 Å². The summed E-state index contributed by atoms with van der Waals surface area (Å²) in [5.41, 5.74) is 3.48. The number of rotatable bonds is 3. The maximum absolute atomic E-state index is 11.9. The van der Waals surface area contributed by atoms with Gasteiger partial charge < -0.3 is 5.32 Å². The van der Waals surface area contributed by atoms with E-state index in [-0.39, 0.29) is 4.90 Å². The van der Waals surface area contributed by atoms with E-state index >= 15 is 0 Å². The highest BCUT2D eigenvalue weighted by atomic mass is 35.5. The van der Waals surface area contributed by atoms with Crippen molar-refractivity contribution in [3.63, 3.8) is 0 Å². The minimum Gasteiger partial charge on any atom is -0.384 e. The van der Waals surface area contributed by atoms with Gasteiger partial charge in [0.15, 0.2) is 0 Å². The van der Waals surface area contributed by atoms with E-state index in [0.717, 1.165) is 29.8 Å². The molecule has 0 unspecified atom stereocenters. The first kappa shape index (κ1) is 15.6. The third-order valence-corrected chi connectivity index (χ3v) is 5.41. The first-order valence-corrected chi connectivity index (χ1v) is 9.01. The summed E-state index contributed by atoms with van der Waals surface area (Å²) in [6.45, 7) is 0.801. The van der Waals surface area contributed by atoms with Crippen LogP contribution in [0.1, 0.15) is 16.7 Å². The van der Waals surface area contributed by atoms with Crippen LogP contribution in [0.25, 0.3) is 0 Å². The highest BCUT2D eigenvalue weighted by Gasteiger charge is 2.20. The summed E-state index contributed by atoms with van der Waals surface area (Å²) < 4.78 is 23.7. The molecule has 7 heteroatoms. The van der Waals surface area contributed by atoms with Gasteiger partial charge in [-0.3, -0.25) is 0 Å². The van der Waals surface area contributed by atoms with Crippen LogP contribution in [-0.2, 0) is 22.9 Å². The van der Waals surface area contributed by atoms with Gasteiger partial charge in [0.25, 0.3) is 0 Å². The summed E-state index contributed by atoms with van der Waals surface area (Å²) in [5, 5.41) is 9.43. The minimum atomic E-state index is -3.79. The lowest BCUT2D eigenvalue weighted by atomic mass is 10.0. The predicted molar refractivity (Wildman–Crippen MR) is 89.3 cm³/mol. The molecule has 1 aliphatic heterocycles. The molecule has 0 atom stereocenters. The lowest BCUT2D eigenvalue weighted by molar-refractivity contribution is 0.597. The number of nitrogens with one attached hydrogen (secondary N) is 1. The molecular formula is C15H14Cl2N2O2S. The van der Waals surface area contributed by atoms with Crippen molar-refractivity contribution in [1.82, 2.24) is 0 Å². The fourth-order valence-corrected chi connectivity index (χ4v) is 3.75. The average molecular weight is 357 g/mol. The number of hydrogen-bond acceptors (Lipinski definition) is 3. The van der Waals surface area contributed by atoms with Crippen LogP contribution in [0.5, 0.6) is 0 Å². The van der Waals surface area contributed by atoms with Gasteiger partial charge in [-0.15, -0.1) is 0 Å². The Morgan fingerprint density at radius 1 is 1.14 bits per heavy atom. The lowest BCUT2D eigenvalue weighted by Gasteiger charge is -2.12. The molecule has 2 aromatic rings. The third kappa shape index (κ3) is 3.08. The summed E-state index contributed by atoms with van der Waals surface area (Å²) in [6.07, 6.45) is 1.30. The molecule has 0 amide bonds. The van der Waals surface area contributed by atoms with Crippen molar-refractivity contribution in [1.29, 1.82) is 0 Å². The summed E-state index contributed by atoms with van der Waals surface area (Å²) in [4.78, 5) is 0.145. The van der Waals surface area contributed by atoms with Gasteiger partial charge in [0, 0.05) is 12.2 Å². The highest BCUT2D eigenvalue weighted by Crippen LogP contribution is 2.31. The van der Waals surface area contributed by atoms with Gasteiger partial charge in [0.05, 0.1) is 14.9 Å². The Hall–Kier alpha value is -1.27. The summed E-state index contributed by atoms with van der Waals surface area (Å²) >= 11 is 11.9. The summed E-state index contributed by atoms with van der Waals surface area (Å²) in [5.74, 6) is 0. The van der Waals surface area contributed by atoms with Gasteiger partial charge in [-0.25, -0.2) is 13.6 Å². The van der Waals surface area contributed by atoms with Crippen LogP contribution in [0.4, 0.5) is 5.69 Å². The van der Waals surface area contributed by atoms with Crippen LogP contribution < -0.4 is 10.5 Å². The Balaban J connectivity index is 2.07. The Kier molecular flexibility index (Phi) is 4.07. The second kappa shape index (κ2) is 5.74. The van der Waals surface area contributed by atoms with E-state index in [1.165, 1.54) is 0 Å². The molecule has 1 aliphatic rings. The molecule has 0 bridgehead atoms. The minimum absolute atomic E-state index is 0.145.